The van der Waals surface area contributed by atoms with Crippen LogP contribution in [0.1, 0.15) is 0 Å². The predicted octanol–water partition coefficient (Wildman–Crippen LogP) is 2.88. The zero-order valence-corrected chi connectivity index (χ0v) is 9.85. The molecule has 0 bridgehead atoms. The summed E-state index contributed by atoms with van der Waals surface area (Å²) in [7, 11) is 0. The first-order valence-electron chi connectivity index (χ1n) is 3.64. The summed E-state index contributed by atoms with van der Waals surface area (Å²) >= 11 is 0.775. The number of halogens is 4. The summed E-state index contributed by atoms with van der Waals surface area (Å²) in [6, 6.07) is 4.84. The standard InChI is InChI=1S/C8H6F3NOS.BrH/c9-8(10,11)6(13)5-14-7-3-1-2-4-12-7;/h1-4H,5H2;1H. The Bertz CT molecular complexity index is 317. The Morgan fingerprint density at radius 2 is 2.07 bits per heavy atom. The second-order valence-electron chi connectivity index (χ2n) is 2.38. The lowest BCUT2D eigenvalue weighted by Gasteiger charge is -2.03. The van der Waals surface area contributed by atoms with Crippen LogP contribution in [0.3, 0.4) is 0 Å². The highest BCUT2D eigenvalue weighted by Gasteiger charge is 2.37. The van der Waals surface area contributed by atoms with Gasteiger partial charge in [-0.3, -0.25) is 4.79 Å². The van der Waals surface area contributed by atoms with Gasteiger partial charge >= 0.3 is 6.18 Å². The normalized spacial score (nSPS) is 10.6. The van der Waals surface area contributed by atoms with Crippen molar-refractivity contribution in [1.29, 1.82) is 0 Å². The number of nitrogens with zero attached hydrogens (tertiary/aromatic N) is 1. The molecule has 2 nitrogen and oxygen atoms in total. The van der Waals surface area contributed by atoms with E-state index < -0.39 is 17.7 Å². The molecule has 0 unspecified atom stereocenters. The fourth-order valence-corrected chi connectivity index (χ4v) is 1.41. The molecule has 7 heteroatoms. The predicted molar refractivity (Wildman–Crippen MR) is 56.3 cm³/mol. The molecule has 1 rings (SSSR count). The van der Waals surface area contributed by atoms with E-state index in [9.17, 15) is 18.0 Å². The minimum absolute atomic E-state index is 0. The van der Waals surface area contributed by atoms with E-state index in [1.54, 1.807) is 18.2 Å². The molecular weight excluding hydrogens is 295 g/mol. The van der Waals surface area contributed by atoms with Crippen molar-refractivity contribution in [3.05, 3.63) is 24.4 Å². The number of carbonyl (C=O) groups excluding carboxylic acids is 1. The Morgan fingerprint density at radius 1 is 1.40 bits per heavy atom. The van der Waals surface area contributed by atoms with Crippen LogP contribution in [0, 0.1) is 0 Å². The number of rotatable bonds is 3. The van der Waals surface area contributed by atoms with E-state index >= 15 is 0 Å². The van der Waals surface area contributed by atoms with Crippen molar-refractivity contribution in [2.24, 2.45) is 0 Å². The van der Waals surface area contributed by atoms with Gasteiger partial charge in [-0.1, -0.05) is 17.8 Å². The number of hydrogen-bond donors (Lipinski definition) is 0. The van der Waals surface area contributed by atoms with Gasteiger partial charge in [0, 0.05) is 6.20 Å². The fourth-order valence-electron chi connectivity index (χ4n) is 0.654. The van der Waals surface area contributed by atoms with Crippen molar-refractivity contribution < 1.29 is 18.0 Å². The van der Waals surface area contributed by atoms with Gasteiger partial charge < -0.3 is 0 Å². The summed E-state index contributed by atoms with van der Waals surface area (Å²) in [6.07, 6.45) is -3.29. The van der Waals surface area contributed by atoms with Gasteiger partial charge in [0.15, 0.2) is 0 Å². The van der Waals surface area contributed by atoms with Gasteiger partial charge in [0.2, 0.25) is 5.78 Å². The highest BCUT2D eigenvalue weighted by atomic mass is 79.9. The summed E-state index contributed by atoms with van der Waals surface area (Å²) in [4.78, 5) is 14.2. The molecule has 0 radical (unpaired) electrons. The zero-order chi connectivity index (χ0) is 10.6. The van der Waals surface area contributed by atoms with Crippen LogP contribution in [-0.4, -0.2) is 22.7 Å². The average Bonchev–Trinajstić information content (AvgIpc) is 2.14. The number of hydrogen-bond acceptors (Lipinski definition) is 3. The summed E-state index contributed by atoms with van der Waals surface area (Å²) in [5.74, 6) is -2.37. The topological polar surface area (TPSA) is 30.0 Å². The third kappa shape index (κ3) is 5.17. The lowest BCUT2D eigenvalue weighted by Crippen LogP contribution is -2.24. The minimum Gasteiger partial charge on any atom is -0.289 e. The highest BCUT2D eigenvalue weighted by Crippen LogP contribution is 2.21. The zero-order valence-electron chi connectivity index (χ0n) is 7.32. The van der Waals surface area contributed by atoms with Crippen LogP contribution < -0.4 is 0 Å². The smallest absolute Gasteiger partial charge is 0.289 e. The van der Waals surface area contributed by atoms with Crippen LogP contribution in [0.5, 0.6) is 0 Å². The van der Waals surface area contributed by atoms with Gasteiger partial charge in [0.25, 0.3) is 0 Å². The van der Waals surface area contributed by atoms with Crippen molar-refractivity contribution in [1.82, 2.24) is 4.98 Å². The first-order chi connectivity index (χ1) is 6.50. The van der Waals surface area contributed by atoms with Crippen LogP contribution in [-0.2, 0) is 4.79 Å². The highest BCUT2D eigenvalue weighted by molar-refractivity contribution is 8.93. The number of pyridine rings is 1. The summed E-state index contributed by atoms with van der Waals surface area (Å²) in [6.45, 7) is 0. The third-order valence-corrected chi connectivity index (χ3v) is 2.25. The van der Waals surface area contributed by atoms with Crippen molar-refractivity contribution in [3.63, 3.8) is 0 Å². The van der Waals surface area contributed by atoms with Crippen LogP contribution >= 0.6 is 28.7 Å². The van der Waals surface area contributed by atoms with Gasteiger partial charge in [-0.15, -0.1) is 17.0 Å². The average molecular weight is 302 g/mol. The number of thioether (sulfide) groups is 1. The second-order valence-corrected chi connectivity index (χ2v) is 3.37. The summed E-state index contributed by atoms with van der Waals surface area (Å²) in [5.41, 5.74) is 0. The van der Waals surface area contributed by atoms with E-state index in [0.717, 1.165) is 11.8 Å². The van der Waals surface area contributed by atoms with Crippen LogP contribution in [0.2, 0.25) is 0 Å². The molecule has 0 atom stereocenters. The van der Waals surface area contributed by atoms with E-state index in [4.69, 9.17) is 0 Å². The molecule has 15 heavy (non-hydrogen) atoms. The van der Waals surface area contributed by atoms with Gasteiger partial charge in [0.1, 0.15) is 0 Å². The van der Waals surface area contributed by atoms with Gasteiger partial charge in [-0.2, -0.15) is 13.2 Å². The van der Waals surface area contributed by atoms with Crippen molar-refractivity contribution in [2.75, 3.05) is 5.75 Å². The van der Waals surface area contributed by atoms with Crippen LogP contribution in [0.4, 0.5) is 13.2 Å². The molecule has 1 aromatic heterocycles. The van der Waals surface area contributed by atoms with Crippen LogP contribution in [0.25, 0.3) is 0 Å². The Kier molecular flexibility index (Phi) is 5.89. The quantitative estimate of drug-likeness (QED) is 0.804. The maximum absolute atomic E-state index is 11.8. The number of carbonyl (C=O) groups is 1. The number of aromatic nitrogens is 1. The van der Waals surface area contributed by atoms with Crippen molar-refractivity contribution in [3.8, 4) is 0 Å². The Morgan fingerprint density at radius 3 is 2.53 bits per heavy atom. The molecule has 84 valence electrons. The van der Waals surface area contributed by atoms with Crippen LogP contribution in [0.15, 0.2) is 29.4 Å². The first kappa shape index (κ1) is 14.4. The van der Waals surface area contributed by atoms with Gasteiger partial charge in [-0.25, -0.2) is 4.98 Å². The van der Waals surface area contributed by atoms with Crippen molar-refractivity contribution >= 4 is 34.5 Å². The molecule has 0 spiro atoms. The SMILES string of the molecule is Br.O=C(CSc1ccccn1)C(F)(F)F. The Balaban J connectivity index is 0.00000196. The molecule has 0 aliphatic carbocycles. The molecule has 0 aliphatic rings. The second kappa shape index (κ2) is 6.12. The molecule has 0 amide bonds. The Hall–Kier alpha value is -0.560. The Labute approximate surface area is 99.0 Å². The molecule has 0 saturated carbocycles. The molecule has 0 fully saturated rings. The fraction of sp³-hybridized carbons (Fsp3) is 0.250. The molecule has 0 N–H and O–H groups in total. The molecule has 0 aromatic carbocycles. The van der Waals surface area contributed by atoms with E-state index in [-0.39, 0.29) is 17.0 Å². The lowest BCUT2D eigenvalue weighted by molar-refractivity contribution is -0.167. The maximum atomic E-state index is 11.8. The van der Waals surface area contributed by atoms with E-state index in [1.807, 2.05) is 0 Å². The molecule has 0 aliphatic heterocycles. The summed E-state index contributed by atoms with van der Waals surface area (Å²) < 4.78 is 35.3. The molecular formula is C8H7BrF3NOS. The molecule has 0 saturated heterocycles. The maximum Gasteiger partial charge on any atom is 0.450 e. The molecule has 1 heterocycles. The number of alkyl halides is 3. The number of ketones is 1. The van der Waals surface area contributed by atoms with Gasteiger partial charge in [0.05, 0.1) is 10.8 Å². The third-order valence-electron chi connectivity index (χ3n) is 1.31. The number of Topliss-reactive ketones (excluding diaryl/α,β-unsaturated/α-hetero) is 1. The lowest BCUT2D eigenvalue weighted by atomic mass is 10.4. The first-order valence-corrected chi connectivity index (χ1v) is 4.62. The minimum atomic E-state index is -4.75. The van der Waals surface area contributed by atoms with E-state index in [2.05, 4.69) is 4.98 Å². The molecule has 1 aromatic rings. The van der Waals surface area contributed by atoms with Crippen molar-refractivity contribution in [2.45, 2.75) is 11.2 Å². The van der Waals surface area contributed by atoms with E-state index in [1.165, 1.54) is 6.20 Å². The van der Waals surface area contributed by atoms with Gasteiger partial charge in [-0.05, 0) is 12.1 Å². The largest absolute Gasteiger partial charge is 0.450 e. The summed E-state index contributed by atoms with van der Waals surface area (Å²) in [5, 5.41) is 0.408. The monoisotopic (exact) mass is 301 g/mol. The van der Waals surface area contributed by atoms with E-state index in [0.29, 0.717) is 5.03 Å².